The van der Waals surface area contributed by atoms with Gasteiger partial charge in [-0.05, 0) is 25.1 Å². The van der Waals surface area contributed by atoms with E-state index in [9.17, 15) is 4.79 Å². The summed E-state index contributed by atoms with van der Waals surface area (Å²) < 4.78 is 0. The number of nitrogens with zero attached hydrogens (tertiary/aromatic N) is 1. The number of amides is 1. The van der Waals surface area contributed by atoms with Gasteiger partial charge in [0.25, 0.3) is 5.91 Å². The molecule has 0 aliphatic rings. The molecule has 5 nitrogen and oxygen atoms in total. The van der Waals surface area contributed by atoms with E-state index in [1.165, 1.54) is 11.3 Å². The zero-order valence-electron chi connectivity index (χ0n) is 10.7. The Morgan fingerprint density at radius 1 is 1.50 bits per heavy atom. The molecule has 0 bridgehead atoms. The lowest BCUT2D eigenvalue weighted by Crippen LogP contribution is -2.29. The zero-order chi connectivity index (χ0) is 13.4. The quantitative estimate of drug-likeness (QED) is 0.374. The van der Waals surface area contributed by atoms with Crippen LogP contribution >= 0.6 is 11.3 Å². The third-order valence-electron chi connectivity index (χ3n) is 2.64. The number of hydrazine groups is 1. The van der Waals surface area contributed by atoms with E-state index in [4.69, 9.17) is 10.9 Å². The Morgan fingerprint density at radius 2 is 2.28 bits per heavy atom. The first-order chi connectivity index (χ1) is 8.71. The Morgan fingerprint density at radius 3 is 2.89 bits per heavy atom. The molecular weight excluding hydrogens is 250 g/mol. The van der Waals surface area contributed by atoms with Crippen molar-refractivity contribution in [2.24, 2.45) is 5.84 Å². The summed E-state index contributed by atoms with van der Waals surface area (Å²) in [5.41, 5.74) is 2.13. The number of hydrogen-bond donors (Lipinski definition) is 3. The van der Waals surface area contributed by atoms with E-state index < -0.39 is 0 Å². The monoisotopic (exact) mass is 271 g/mol. The molecule has 1 rings (SSSR count). The number of unbranched alkanes of at least 4 members (excludes halogenated alkanes) is 1. The molecule has 1 heterocycles. The average molecular weight is 271 g/mol. The summed E-state index contributed by atoms with van der Waals surface area (Å²) in [4.78, 5) is 15.3. The Kier molecular flexibility index (Phi) is 6.89. The van der Waals surface area contributed by atoms with Gasteiger partial charge in [0.2, 0.25) is 0 Å². The summed E-state index contributed by atoms with van der Waals surface area (Å²) in [7, 11) is 0. The summed E-state index contributed by atoms with van der Waals surface area (Å²) in [6.45, 7) is 4.70. The van der Waals surface area contributed by atoms with Crippen LogP contribution in [0.5, 0.6) is 0 Å². The smallest absolute Gasteiger partial charge is 0.275 e. The summed E-state index contributed by atoms with van der Waals surface area (Å²) in [6, 6.07) is 3.71. The standard InChI is InChI=1S/C12H21N3O2S/c1-2-3-6-15(7-8-16)9-10-4-5-11(18-10)12(17)14-13/h4-5,16H,2-3,6-9,13H2,1H3,(H,14,17). The van der Waals surface area contributed by atoms with Crippen LogP contribution in [0.3, 0.4) is 0 Å². The molecule has 0 unspecified atom stereocenters. The van der Waals surface area contributed by atoms with Crippen molar-refractivity contribution in [2.75, 3.05) is 19.7 Å². The number of carbonyl (C=O) groups is 1. The van der Waals surface area contributed by atoms with Crippen molar-refractivity contribution in [1.82, 2.24) is 10.3 Å². The molecular formula is C12H21N3O2S. The van der Waals surface area contributed by atoms with Crippen LogP contribution in [0.25, 0.3) is 0 Å². The number of nitrogens with one attached hydrogen (secondary N) is 1. The fourth-order valence-corrected chi connectivity index (χ4v) is 2.62. The third kappa shape index (κ3) is 4.73. The predicted molar refractivity (Wildman–Crippen MR) is 73.2 cm³/mol. The van der Waals surface area contributed by atoms with Gasteiger partial charge in [0.05, 0.1) is 11.5 Å². The van der Waals surface area contributed by atoms with E-state index in [0.29, 0.717) is 11.4 Å². The SMILES string of the molecule is CCCCN(CCO)Cc1ccc(C(=O)NN)s1. The predicted octanol–water partition coefficient (Wildman–Crippen LogP) is 0.946. The van der Waals surface area contributed by atoms with E-state index in [0.717, 1.165) is 30.8 Å². The van der Waals surface area contributed by atoms with Crippen molar-refractivity contribution in [3.05, 3.63) is 21.9 Å². The van der Waals surface area contributed by atoms with Gasteiger partial charge in [-0.2, -0.15) is 0 Å². The summed E-state index contributed by atoms with van der Waals surface area (Å²) in [6.07, 6.45) is 2.24. The van der Waals surface area contributed by atoms with Gasteiger partial charge < -0.3 is 5.11 Å². The molecule has 0 atom stereocenters. The van der Waals surface area contributed by atoms with Gasteiger partial charge in [-0.1, -0.05) is 13.3 Å². The minimum atomic E-state index is -0.256. The highest BCUT2D eigenvalue weighted by molar-refractivity contribution is 7.14. The van der Waals surface area contributed by atoms with E-state index in [-0.39, 0.29) is 12.5 Å². The molecule has 0 aliphatic heterocycles. The summed E-state index contributed by atoms with van der Waals surface area (Å²) >= 11 is 1.44. The molecule has 0 spiro atoms. The number of thiophene rings is 1. The molecule has 4 N–H and O–H groups in total. The van der Waals surface area contributed by atoms with Crippen LogP contribution in [-0.2, 0) is 6.54 Å². The van der Waals surface area contributed by atoms with Gasteiger partial charge in [-0.15, -0.1) is 11.3 Å². The van der Waals surface area contributed by atoms with Crippen molar-refractivity contribution in [3.63, 3.8) is 0 Å². The first-order valence-corrected chi connectivity index (χ1v) is 6.95. The van der Waals surface area contributed by atoms with Gasteiger partial charge in [0.1, 0.15) is 0 Å². The van der Waals surface area contributed by atoms with Gasteiger partial charge in [0, 0.05) is 18.0 Å². The molecule has 1 amide bonds. The second kappa shape index (κ2) is 8.20. The first kappa shape index (κ1) is 15.1. The molecule has 0 saturated carbocycles. The molecule has 6 heteroatoms. The number of hydrogen-bond acceptors (Lipinski definition) is 5. The highest BCUT2D eigenvalue weighted by atomic mass is 32.1. The molecule has 18 heavy (non-hydrogen) atoms. The number of rotatable bonds is 8. The van der Waals surface area contributed by atoms with Crippen molar-refractivity contribution in [1.29, 1.82) is 0 Å². The topological polar surface area (TPSA) is 78.6 Å². The molecule has 102 valence electrons. The van der Waals surface area contributed by atoms with Crippen molar-refractivity contribution in [2.45, 2.75) is 26.3 Å². The molecule has 0 fully saturated rings. The van der Waals surface area contributed by atoms with Crippen LogP contribution in [-0.4, -0.2) is 35.6 Å². The molecule has 0 saturated heterocycles. The second-order valence-corrected chi connectivity index (χ2v) is 5.26. The summed E-state index contributed by atoms with van der Waals surface area (Å²) in [5, 5.41) is 9.03. The van der Waals surface area contributed by atoms with E-state index in [1.54, 1.807) is 6.07 Å². The van der Waals surface area contributed by atoms with E-state index in [2.05, 4.69) is 17.2 Å². The number of nitrogens with two attached hydrogens (primary N) is 1. The van der Waals surface area contributed by atoms with Gasteiger partial charge in [-0.25, -0.2) is 5.84 Å². The highest BCUT2D eigenvalue weighted by Gasteiger charge is 2.10. The Balaban J connectivity index is 2.57. The second-order valence-electron chi connectivity index (χ2n) is 4.09. The third-order valence-corrected chi connectivity index (χ3v) is 3.71. The minimum Gasteiger partial charge on any atom is -0.395 e. The van der Waals surface area contributed by atoms with Crippen LogP contribution in [0.1, 0.15) is 34.3 Å². The van der Waals surface area contributed by atoms with Crippen LogP contribution in [0.15, 0.2) is 12.1 Å². The highest BCUT2D eigenvalue weighted by Crippen LogP contribution is 2.18. The van der Waals surface area contributed by atoms with Gasteiger partial charge in [0.15, 0.2) is 0 Å². The number of aliphatic hydroxyl groups is 1. The molecule has 0 radical (unpaired) electrons. The van der Waals surface area contributed by atoms with Crippen LogP contribution < -0.4 is 11.3 Å². The maximum atomic E-state index is 11.3. The van der Waals surface area contributed by atoms with Crippen LogP contribution in [0.4, 0.5) is 0 Å². The van der Waals surface area contributed by atoms with E-state index >= 15 is 0 Å². The molecule has 1 aromatic rings. The summed E-state index contributed by atoms with van der Waals surface area (Å²) in [5.74, 6) is 4.84. The normalized spacial score (nSPS) is 10.9. The fraction of sp³-hybridized carbons (Fsp3) is 0.583. The molecule has 1 aromatic heterocycles. The largest absolute Gasteiger partial charge is 0.395 e. The number of carbonyl (C=O) groups excluding carboxylic acids is 1. The minimum absolute atomic E-state index is 0.158. The van der Waals surface area contributed by atoms with Crippen molar-refractivity contribution < 1.29 is 9.90 Å². The van der Waals surface area contributed by atoms with Crippen molar-refractivity contribution in [3.8, 4) is 0 Å². The maximum Gasteiger partial charge on any atom is 0.275 e. The Labute approximate surface area is 112 Å². The lowest BCUT2D eigenvalue weighted by atomic mass is 10.3. The van der Waals surface area contributed by atoms with Gasteiger partial charge in [-0.3, -0.25) is 15.1 Å². The molecule has 0 aliphatic carbocycles. The molecule has 0 aromatic carbocycles. The zero-order valence-corrected chi connectivity index (χ0v) is 11.5. The first-order valence-electron chi connectivity index (χ1n) is 6.14. The number of nitrogen functional groups attached to an aromatic ring is 1. The Hall–Kier alpha value is -0.950. The fourth-order valence-electron chi connectivity index (χ4n) is 1.67. The van der Waals surface area contributed by atoms with Crippen LogP contribution in [0.2, 0.25) is 0 Å². The van der Waals surface area contributed by atoms with Crippen molar-refractivity contribution >= 4 is 17.2 Å². The number of aliphatic hydroxyl groups excluding tert-OH is 1. The lowest BCUT2D eigenvalue weighted by molar-refractivity contribution is 0.0957. The Bertz CT molecular complexity index is 368. The lowest BCUT2D eigenvalue weighted by Gasteiger charge is -2.19. The average Bonchev–Trinajstić information content (AvgIpc) is 2.83. The van der Waals surface area contributed by atoms with Gasteiger partial charge >= 0.3 is 0 Å². The maximum absolute atomic E-state index is 11.3. The van der Waals surface area contributed by atoms with E-state index in [1.807, 2.05) is 6.07 Å². The van der Waals surface area contributed by atoms with Crippen LogP contribution in [0, 0.1) is 0 Å².